The highest BCUT2D eigenvalue weighted by Crippen LogP contribution is 2.37. The summed E-state index contributed by atoms with van der Waals surface area (Å²) in [6, 6.07) is 10.6. The van der Waals surface area contributed by atoms with Gasteiger partial charge >= 0.3 is 9.28 Å². The lowest BCUT2D eigenvalue weighted by atomic mass is 10.0. The molecule has 0 saturated heterocycles. The van der Waals surface area contributed by atoms with Gasteiger partial charge in [0.15, 0.2) is 0 Å². The van der Waals surface area contributed by atoms with Crippen molar-refractivity contribution in [3.8, 4) is 0 Å². The third-order valence-corrected chi connectivity index (χ3v) is 6.38. The number of hydrogen-bond acceptors (Lipinski definition) is 2. The van der Waals surface area contributed by atoms with Crippen molar-refractivity contribution < 1.29 is 8.85 Å². The molecule has 0 aliphatic heterocycles. The Labute approximate surface area is 132 Å². The standard InChI is InChI=1S/C18H32O2Si/c1-16(2,3)19-21(20-17(4,5)6)18(7,8)14-15-12-10-9-11-13-15/h9-13,21H,14H2,1-8H3. The lowest BCUT2D eigenvalue weighted by Gasteiger charge is -2.40. The van der Waals surface area contributed by atoms with Gasteiger partial charge in [-0.1, -0.05) is 44.2 Å². The second kappa shape index (κ2) is 6.63. The fourth-order valence-electron chi connectivity index (χ4n) is 2.19. The van der Waals surface area contributed by atoms with E-state index in [1.807, 2.05) is 0 Å². The Morgan fingerprint density at radius 3 is 1.57 bits per heavy atom. The molecular weight excluding hydrogens is 276 g/mol. The summed E-state index contributed by atoms with van der Waals surface area (Å²) in [7, 11) is -1.86. The predicted octanol–water partition coefficient (Wildman–Crippen LogP) is 4.86. The maximum atomic E-state index is 6.37. The third-order valence-electron chi connectivity index (χ3n) is 3.06. The molecule has 0 aliphatic carbocycles. The molecule has 0 aliphatic rings. The summed E-state index contributed by atoms with van der Waals surface area (Å²) in [5, 5.41) is 0.0297. The minimum Gasteiger partial charge on any atom is -0.391 e. The van der Waals surface area contributed by atoms with Crippen molar-refractivity contribution in [1.29, 1.82) is 0 Å². The van der Waals surface area contributed by atoms with Crippen molar-refractivity contribution in [3.05, 3.63) is 35.9 Å². The highest BCUT2D eigenvalue weighted by Gasteiger charge is 2.39. The Morgan fingerprint density at radius 2 is 1.19 bits per heavy atom. The Bertz CT molecular complexity index is 411. The molecule has 2 nitrogen and oxygen atoms in total. The van der Waals surface area contributed by atoms with Gasteiger partial charge in [-0.15, -0.1) is 0 Å². The summed E-state index contributed by atoms with van der Waals surface area (Å²) < 4.78 is 12.7. The summed E-state index contributed by atoms with van der Waals surface area (Å²) >= 11 is 0. The van der Waals surface area contributed by atoms with Crippen LogP contribution < -0.4 is 0 Å². The minimum atomic E-state index is -1.86. The van der Waals surface area contributed by atoms with Crippen LogP contribution in [-0.4, -0.2) is 20.5 Å². The first-order chi connectivity index (χ1) is 9.39. The van der Waals surface area contributed by atoms with Crippen molar-refractivity contribution in [1.82, 2.24) is 0 Å². The van der Waals surface area contributed by atoms with E-state index < -0.39 is 9.28 Å². The molecule has 0 radical (unpaired) electrons. The van der Waals surface area contributed by atoms with Crippen molar-refractivity contribution in [2.45, 2.75) is 78.1 Å². The van der Waals surface area contributed by atoms with E-state index in [0.717, 1.165) is 6.42 Å². The second-order valence-corrected chi connectivity index (χ2v) is 11.1. The quantitative estimate of drug-likeness (QED) is 0.723. The van der Waals surface area contributed by atoms with E-state index in [1.54, 1.807) is 0 Å². The zero-order chi connectivity index (χ0) is 16.3. The van der Waals surface area contributed by atoms with Crippen LogP contribution in [0.4, 0.5) is 0 Å². The van der Waals surface area contributed by atoms with E-state index in [1.165, 1.54) is 5.56 Å². The highest BCUT2D eigenvalue weighted by atomic mass is 28.3. The van der Waals surface area contributed by atoms with E-state index >= 15 is 0 Å². The molecule has 0 aromatic heterocycles. The van der Waals surface area contributed by atoms with Gasteiger partial charge in [0.05, 0.1) is 0 Å². The molecule has 0 fully saturated rings. The Hall–Kier alpha value is -0.643. The van der Waals surface area contributed by atoms with E-state index in [4.69, 9.17) is 8.85 Å². The minimum absolute atomic E-state index is 0.0297. The van der Waals surface area contributed by atoms with Gasteiger partial charge in [-0.05, 0) is 53.5 Å². The van der Waals surface area contributed by atoms with Crippen molar-refractivity contribution in [2.75, 3.05) is 0 Å². The van der Waals surface area contributed by atoms with Crippen LogP contribution in [0.3, 0.4) is 0 Å². The summed E-state index contributed by atoms with van der Waals surface area (Å²) in [5.74, 6) is 0. The van der Waals surface area contributed by atoms with Gasteiger partial charge in [-0.2, -0.15) is 0 Å². The average Bonchev–Trinajstić information content (AvgIpc) is 2.25. The van der Waals surface area contributed by atoms with Gasteiger partial charge in [0.1, 0.15) is 0 Å². The molecule has 1 aromatic rings. The van der Waals surface area contributed by atoms with E-state index in [2.05, 4.69) is 85.7 Å². The van der Waals surface area contributed by atoms with Crippen molar-refractivity contribution in [2.24, 2.45) is 0 Å². The predicted molar refractivity (Wildman–Crippen MR) is 93.0 cm³/mol. The molecule has 1 aromatic carbocycles. The summed E-state index contributed by atoms with van der Waals surface area (Å²) in [6.45, 7) is 17.2. The first kappa shape index (κ1) is 18.4. The van der Waals surface area contributed by atoms with Gasteiger partial charge in [-0.3, -0.25) is 0 Å². The van der Waals surface area contributed by atoms with Crippen LogP contribution in [0.25, 0.3) is 0 Å². The summed E-state index contributed by atoms with van der Waals surface area (Å²) in [4.78, 5) is 0. The van der Waals surface area contributed by atoms with Gasteiger partial charge in [0.2, 0.25) is 0 Å². The first-order valence-electron chi connectivity index (χ1n) is 7.79. The van der Waals surface area contributed by atoms with Crippen molar-refractivity contribution >= 4 is 9.28 Å². The van der Waals surface area contributed by atoms with Crippen LogP contribution >= 0.6 is 0 Å². The van der Waals surface area contributed by atoms with Crippen LogP contribution in [0.1, 0.15) is 61.0 Å². The smallest absolute Gasteiger partial charge is 0.328 e. The normalized spacial score (nSPS) is 13.8. The molecule has 0 heterocycles. The number of hydrogen-bond donors (Lipinski definition) is 0. The molecule has 0 N–H and O–H groups in total. The SMILES string of the molecule is CC(C)(C)O[SiH](OC(C)(C)C)C(C)(C)Cc1ccccc1. The molecule has 0 amide bonds. The fourth-order valence-corrected chi connectivity index (χ4v) is 4.56. The van der Waals surface area contributed by atoms with Crippen LogP contribution in [0.5, 0.6) is 0 Å². The molecule has 0 bridgehead atoms. The molecule has 21 heavy (non-hydrogen) atoms. The fraction of sp³-hybridized carbons (Fsp3) is 0.667. The molecule has 1 rings (SSSR count). The van der Waals surface area contributed by atoms with E-state index in [9.17, 15) is 0 Å². The van der Waals surface area contributed by atoms with Gasteiger partial charge in [0.25, 0.3) is 0 Å². The Balaban J connectivity index is 2.93. The molecule has 0 atom stereocenters. The summed E-state index contributed by atoms with van der Waals surface area (Å²) in [5.41, 5.74) is 1.00. The Morgan fingerprint density at radius 1 is 0.762 bits per heavy atom. The first-order valence-corrected chi connectivity index (χ1v) is 9.31. The zero-order valence-electron chi connectivity index (χ0n) is 15.0. The van der Waals surface area contributed by atoms with Crippen LogP contribution in [0, 0.1) is 0 Å². The van der Waals surface area contributed by atoms with Gasteiger partial charge in [-0.25, -0.2) is 0 Å². The van der Waals surface area contributed by atoms with E-state index in [-0.39, 0.29) is 16.2 Å². The van der Waals surface area contributed by atoms with Gasteiger partial charge in [0, 0.05) is 16.2 Å². The second-order valence-electron chi connectivity index (χ2n) is 8.44. The molecular formula is C18H32O2Si. The number of benzene rings is 1. The number of rotatable bonds is 5. The Kier molecular flexibility index (Phi) is 5.81. The van der Waals surface area contributed by atoms with E-state index in [0.29, 0.717) is 0 Å². The molecule has 0 saturated carbocycles. The molecule has 0 spiro atoms. The van der Waals surface area contributed by atoms with Crippen molar-refractivity contribution in [3.63, 3.8) is 0 Å². The highest BCUT2D eigenvalue weighted by molar-refractivity contribution is 6.48. The molecule has 3 heteroatoms. The van der Waals surface area contributed by atoms with Crippen LogP contribution in [0.2, 0.25) is 5.04 Å². The maximum Gasteiger partial charge on any atom is 0.328 e. The lowest BCUT2D eigenvalue weighted by molar-refractivity contribution is 0.0225. The lowest BCUT2D eigenvalue weighted by Crippen LogP contribution is -2.46. The van der Waals surface area contributed by atoms with Crippen LogP contribution in [0.15, 0.2) is 30.3 Å². The average molecular weight is 309 g/mol. The maximum absolute atomic E-state index is 6.37. The topological polar surface area (TPSA) is 18.5 Å². The third kappa shape index (κ3) is 7.25. The summed E-state index contributed by atoms with van der Waals surface area (Å²) in [6.07, 6.45) is 0.983. The zero-order valence-corrected chi connectivity index (χ0v) is 16.1. The largest absolute Gasteiger partial charge is 0.391 e. The molecule has 0 unspecified atom stereocenters. The molecule has 120 valence electrons. The van der Waals surface area contributed by atoms with Gasteiger partial charge < -0.3 is 8.85 Å². The monoisotopic (exact) mass is 308 g/mol. The van der Waals surface area contributed by atoms with Crippen LogP contribution in [-0.2, 0) is 15.3 Å².